The number of hydrogen-bond acceptors (Lipinski definition) is 5. The molecule has 156 valence electrons. The maximum absolute atomic E-state index is 13.3. The predicted molar refractivity (Wildman–Crippen MR) is 120 cm³/mol. The lowest BCUT2D eigenvalue weighted by molar-refractivity contribution is -0.118. The summed E-state index contributed by atoms with van der Waals surface area (Å²) in [6, 6.07) is 15.3. The minimum absolute atomic E-state index is 0.00793. The second-order valence-electron chi connectivity index (χ2n) is 7.60. The average Bonchev–Trinajstić information content (AvgIpc) is 3.08. The highest BCUT2D eigenvalue weighted by molar-refractivity contribution is 8.00. The minimum Gasteiger partial charge on any atom is -0.396 e. The topological polar surface area (TPSA) is 75.4 Å². The summed E-state index contributed by atoms with van der Waals surface area (Å²) in [6.45, 7) is 4.26. The molecule has 0 fully saturated rings. The molecule has 1 aliphatic heterocycles. The second-order valence-corrected chi connectivity index (χ2v) is 8.90. The summed E-state index contributed by atoms with van der Waals surface area (Å²) < 4.78 is 1.58. The fourth-order valence-electron chi connectivity index (χ4n) is 3.97. The van der Waals surface area contributed by atoms with E-state index in [0.717, 1.165) is 12.1 Å². The highest BCUT2D eigenvalue weighted by atomic mass is 32.2. The van der Waals surface area contributed by atoms with E-state index in [1.807, 2.05) is 48.2 Å². The molecule has 0 saturated carbocycles. The van der Waals surface area contributed by atoms with Crippen molar-refractivity contribution in [1.82, 2.24) is 9.55 Å². The minimum atomic E-state index is -0.410. The lowest BCUT2D eigenvalue weighted by Crippen LogP contribution is -2.40. The zero-order valence-electron chi connectivity index (χ0n) is 17.1. The van der Waals surface area contributed by atoms with Crippen molar-refractivity contribution in [3.05, 3.63) is 64.4 Å². The SMILES string of the molecule is CC(Sc1nc2ccccc2c(=O)n1CCCO)C(=O)N1c2ccccc2CC1C. The second kappa shape index (κ2) is 8.62. The van der Waals surface area contributed by atoms with Crippen molar-refractivity contribution in [3.8, 4) is 0 Å². The van der Waals surface area contributed by atoms with Crippen LogP contribution in [-0.2, 0) is 17.8 Å². The molecule has 0 aliphatic carbocycles. The van der Waals surface area contributed by atoms with Crippen LogP contribution in [0.2, 0.25) is 0 Å². The molecule has 7 heteroatoms. The summed E-state index contributed by atoms with van der Waals surface area (Å²) in [6.07, 6.45) is 1.29. The van der Waals surface area contributed by atoms with E-state index in [0.29, 0.717) is 29.0 Å². The molecule has 2 heterocycles. The number of aliphatic hydroxyl groups is 1. The lowest BCUT2D eigenvalue weighted by atomic mass is 10.1. The van der Waals surface area contributed by atoms with Gasteiger partial charge in [-0.15, -0.1) is 0 Å². The number of aliphatic hydroxyl groups excluding tert-OH is 1. The molecule has 0 bridgehead atoms. The summed E-state index contributed by atoms with van der Waals surface area (Å²) in [5, 5.41) is 9.89. The molecule has 1 N–H and O–H groups in total. The molecule has 2 unspecified atom stereocenters. The largest absolute Gasteiger partial charge is 0.396 e. The van der Waals surface area contributed by atoms with Crippen molar-refractivity contribution in [2.24, 2.45) is 0 Å². The average molecular weight is 424 g/mol. The van der Waals surface area contributed by atoms with Gasteiger partial charge in [-0.25, -0.2) is 4.98 Å². The Bertz CT molecular complexity index is 1140. The van der Waals surface area contributed by atoms with Gasteiger partial charge in [0.1, 0.15) is 0 Å². The monoisotopic (exact) mass is 423 g/mol. The molecule has 0 radical (unpaired) electrons. The molecule has 2 aromatic carbocycles. The van der Waals surface area contributed by atoms with Gasteiger partial charge in [0.05, 0.1) is 16.2 Å². The summed E-state index contributed by atoms with van der Waals surface area (Å²) in [5.41, 5.74) is 2.62. The Morgan fingerprint density at radius 3 is 2.77 bits per heavy atom. The van der Waals surface area contributed by atoms with Crippen molar-refractivity contribution >= 4 is 34.3 Å². The zero-order valence-corrected chi connectivity index (χ0v) is 17.9. The first-order valence-electron chi connectivity index (χ1n) is 10.2. The van der Waals surface area contributed by atoms with Crippen LogP contribution in [0.3, 0.4) is 0 Å². The smallest absolute Gasteiger partial charge is 0.262 e. The lowest BCUT2D eigenvalue weighted by Gasteiger charge is -2.26. The van der Waals surface area contributed by atoms with Crippen molar-refractivity contribution in [2.75, 3.05) is 11.5 Å². The van der Waals surface area contributed by atoms with Crippen LogP contribution in [0.25, 0.3) is 10.9 Å². The summed E-state index contributed by atoms with van der Waals surface area (Å²) >= 11 is 1.30. The molecule has 1 amide bonds. The number of thioether (sulfide) groups is 1. The number of carbonyl (C=O) groups is 1. The molecule has 0 saturated heterocycles. The van der Waals surface area contributed by atoms with Crippen LogP contribution in [-0.4, -0.2) is 38.5 Å². The first kappa shape index (κ1) is 20.6. The number of carbonyl (C=O) groups excluding carboxylic acids is 1. The van der Waals surface area contributed by atoms with E-state index in [2.05, 4.69) is 18.0 Å². The maximum Gasteiger partial charge on any atom is 0.262 e. The Labute approximate surface area is 179 Å². The number of anilines is 1. The first-order chi connectivity index (χ1) is 14.5. The van der Waals surface area contributed by atoms with Crippen LogP contribution in [0.1, 0.15) is 25.8 Å². The highest BCUT2D eigenvalue weighted by Crippen LogP contribution is 2.34. The van der Waals surface area contributed by atoms with Gasteiger partial charge in [-0.1, -0.05) is 42.1 Å². The number of hydrogen-bond donors (Lipinski definition) is 1. The predicted octanol–water partition coefficient (Wildman–Crippen LogP) is 3.24. The Morgan fingerprint density at radius 2 is 1.97 bits per heavy atom. The van der Waals surface area contributed by atoms with E-state index >= 15 is 0 Å². The number of nitrogens with zero attached hydrogens (tertiary/aromatic N) is 3. The van der Waals surface area contributed by atoms with Gasteiger partial charge in [0.2, 0.25) is 5.91 Å². The molecule has 2 atom stereocenters. The van der Waals surface area contributed by atoms with Gasteiger partial charge in [-0.2, -0.15) is 0 Å². The van der Waals surface area contributed by atoms with Crippen molar-refractivity contribution in [1.29, 1.82) is 0 Å². The molecule has 30 heavy (non-hydrogen) atoms. The summed E-state index contributed by atoms with van der Waals surface area (Å²) in [5.74, 6) is 0.00793. The Hall–Kier alpha value is -2.64. The molecular formula is C23H25N3O3S. The van der Waals surface area contributed by atoms with Gasteiger partial charge in [0, 0.05) is 24.9 Å². The third kappa shape index (κ3) is 3.75. The Morgan fingerprint density at radius 1 is 1.23 bits per heavy atom. The fraction of sp³-hybridized carbons (Fsp3) is 0.348. The van der Waals surface area contributed by atoms with Crippen molar-refractivity contribution < 1.29 is 9.90 Å². The summed E-state index contributed by atoms with van der Waals surface area (Å²) in [4.78, 5) is 32.9. The van der Waals surface area contributed by atoms with Gasteiger partial charge < -0.3 is 10.0 Å². The third-order valence-electron chi connectivity index (χ3n) is 5.44. The standard InChI is InChI=1S/C23H25N3O3S/c1-15-14-17-8-3-6-11-20(17)26(15)21(28)16(2)30-23-24-19-10-5-4-9-18(19)22(29)25(23)12-7-13-27/h3-6,8-11,15-16,27H,7,12-14H2,1-2H3. The van der Waals surface area contributed by atoms with Crippen LogP contribution in [0, 0.1) is 0 Å². The highest BCUT2D eigenvalue weighted by Gasteiger charge is 2.34. The van der Waals surface area contributed by atoms with E-state index in [1.165, 1.54) is 17.3 Å². The van der Waals surface area contributed by atoms with Crippen LogP contribution in [0.5, 0.6) is 0 Å². The normalized spacial score (nSPS) is 16.6. The van der Waals surface area contributed by atoms with Crippen LogP contribution >= 0.6 is 11.8 Å². The first-order valence-corrected chi connectivity index (χ1v) is 11.1. The van der Waals surface area contributed by atoms with E-state index in [4.69, 9.17) is 0 Å². The molecular weight excluding hydrogens is 398 g/mol. The van der Waals surface area contributed by atoms with E-state index in [-0.39, 0.29) is 24.1 Å². The van der Waals surface area contributed by atoms with E-state index < -0.39 is 5.25 Å². The number of fused-ring (bicyclic) bond motifs is 2. The molecule has 4 rings (SSSR count). The van der Waals surface area contributed by atoms with E-state index in [9.17, 15) is 14.7 Å². The zero-order chi connectivity index (χ0) is 21.3. The van der Waals surface area contributed by atoms with Gasteiger partial charge in [-0.05, 0) is 50.5 Å². The molecule has 0 spiro atoms. The Kier molecular flexibility index (Phi) is 5.92. The van der Waals surface area contributed by atoms with Crippen LogP contribution < -0.4 is 10.5 Å². The number of para-hydroxylation sites is 2. The number of rotatable bonds is 6. The van der Waals surface area contributed by atoms with Gasteiger partial charge in [0.25, 0.3) is 5.56 Å². The third-order valence-corrected chi connectivity index (χ3v) is 6.52. The quantitative estimate of drug-likeness (QED) is 0.487. The maximum atomic E-state index is 13.3. The van der Waals surface area contributed by atoms with Gasteiger partial charge in [-0.3, -0.25) is 14.2 Å². The summed E-state index contributed by atoms with van der Waals surface area (Å²) in [7, 11) is 0. The Balaban J connectivity index is 1.66. The molecule has 1 aliphatic rings. The molecule has 6 nitrogen and oxygen atoms in total. The fourth-order valence-corrected chi connectivity index (χ4v) is 4.95. The molecule has 3 aromatic rings. The number of benzene rings is 2. The van der Waals surface area contributed by atoms with Crippen LogP contribution in [0.15, 0.2) is 58.5 Å². The number of aromatic nitrogens is 2. The van der Waals surface area contributed by atoms with Crippen molar-refractivity contribution in [2.45, 2.75) is 49.7 Å². The van der Waals surface area contributed by atoms with Crippen molar-refractivity contribution in [3.63, 3.8) is 0 Å². The molecule has 1 aromatic heterocycles. The number of amides is 1. The van der Waals surface area contributed by atoms with Gasteiger partial charge >= 0.3 is 0 Å². The van der Waals surface area contributed by atoms with E-state index in [1.54, 1.807) is 10.6 Å². The van der Waals surface area contributed by atoms with Gasteiger partial charge in [0.15, 0.2) is 5.16 Å². The van der Waals surface area contributed by atoms with Crippen LogP contribution in [0.4, 0.5) is 5.69 Å².